The van der Waals surface area contributed by atoms with E-state index in [0.717, 1.165) is 6.42 Å². The summed E-state index contributed by atoms with van der Waals surface area (Å²) in [6.45, 7) is 3.95. The molecule has 1 unspecified atom stereocenters. The fraction of sp³-hybridized carbons (Fsp3) is 0.462. The molecule has 1 heterocycles. The van der Waals surface area contributed by atoms with E-state index in [9.17, 15) is 9.90 Å². The molecule has 1 rings (SSSR count). The first kappa shape index (κ1) is 15.0. The first-order valence-electron chi connectivity index (χ1n) is 5.86. The molecule has 0 fully saturated rings. The van der Waals surface area contributed by atoms with Crippen molar-refractivity contribution in [2.24, 2.45) is 0 Å². The summed E-state index contributed by atoms with van der Waals surface area (Å²) in [5, 5.41) is 12.5. The zero-order chi connectivity index (χ0) is 13.6. The monoisotopic (exact) mass is 315 g/mol. The number of furan rings is 1. The van der Waals surface area contributed by atoms with Crippen LogP contribution in [-0.4, -0.2) is 23.2 Å². The van der Waals surface area contributed by atoms with Crippen molar-refractivity contribution in [1.29, 1.82) is 0 Å². The number of hydrogen-bond acceptors (Lipinski definition) is 3. The van der Waals surface area contributed by atoms with Crippen molar-refractivity contribution in [2.75, 3.05) is 6.54 Å². The molecule has 0 aliphatic rings. The van der Waals surface area contributed by atoms with Gasteiger partial charge in [-0.2, -0.15) is 0 Å². The Labute approximate surface area is 115 Å². The zero-order valence-electron chi connectivity index (χ0n) is 10.6. The van der Waals surface area contributed by atoms with Crippen LogP contribution in [0.3, 0.4) is 0 Å². The molecule has 2 N–H and O–H groups in total. The van der Waals surface area contributed by atoms with E-state index >= 15 is 0 Å². The fourth-order valence-electron chi connectivity index (χ4n) is 1.54. The quantitative estimate of drug-likeness (QED) is 0.793. The zero-order valence-corrected chi connectivity index (χ0v) is 12.2. The Morgan fingerprint density at radius 1 is 1.61 bits per heavy atom. The standard InChI is InChI=1S/C13H18BrNO3/c1-3-8-13(2,17)9-15-12(16)7-5-10-4-6-11(14)18-10/h4-7,17H,3,8-9H2,1-2H3,(H,15,16)/b7-5+. The van der Waals surface area contributed by atoms with Gasteiger partial charge in [-0.15, -0.1) is 0 Å². The Morgan fingerprint density at radius 2 is 2.33 bits per heavy atom. The maximum Gasteiger partial charge on any atom is 0.244 e. The maximum atomic E-state index is 11.5. The molecule has 100 valence electrons. The van der Waals surface area contributed by atoms with Crippen LogP contribution in [0.5, 0.6) is 0 Å². The summed E-state index contributed by atoms with van der Waals surface area (Å²) in [6.07, 6.45) is 4.49. The summed E-state index contributed by atoms with van der Waals surface area (Å²) in [5.74, 6) is 0.344. The van der Waals surface area contributed by atoms with Crippen LogP contribution in [-0.2, 0) is 4.79 Å². The van der Waals surface area contributed by atoms with Gasteiger partial charge in [0.1, 0.15) is 5.76 Å². The van der Waals surface area contributed by atoms with Gasteiger partial charge in [-0.05, 0) is 47.5 Å². The third-order valence-corrected chi connectivity index (χ3v) is 2.85. The van der Waals surface area contributed by atoms with Crippen molar-refractivity contribution in [1.82, 2.24) is 5.32 Å². The van der Waals surface area contributed by atoms with Crippen LogP contribution in [0.2, 0.25) is 0 Å². The lowest BCUT2D eigenvalue weighted by molar-refractivity contribution is -0.117. The van der Waals surface area contributed by atoms with Crippen LogP contribution >= 0.6 is 15.9 Å². The smallest absolute Gasteiger partial charge is 0.244 e. The molecule has 0 spiro atoms. The van der Waals surface area contributed by atoms with Crippen LogP contribution in [0.4, 0.5) is 0 Å². The number of carbonyl (C=O) groups is 1. The number of hydrogen-bond donors (Lipinski definition) is 2. The molecule has 0 aliphatic heterocycles. The molecule has 5 heteroatoms. The fourth-order valence-corrected chi connectivity index (χ4v) is 1.86. The van der Waals surface area contributed by atoms with Gasteiger partial charge in [-0.1, -0.05) is 13.3 Å². The van der Waals surface area contributed by atoms with E-state index in [-0.39, 0.29) is 12.5 Å². The van der Waals surface area contributed by atoms with E-state index in [2.05, 4.69) is 21.2 Å². The predicted octanol–water partition coefficient (Wildman–Crippen LogP) is 2.72. The van der Waals surface area contributed by atoms with E-state index in [1.54, 1.807) is 25.1 Å². The molecule has 1 amide bonds. The van der Waals surface area contributed by atoms with Gasteiger partial charge in [-0.3, -0.25) is 4.79 Å². The number of carbonyl (C=O) groups excluding carboxylic acids is 1. The second-order valence-electron chi connectivity index (χ2n) is 4.44. The molecule has 0 saturated heterocycles. The number of nitrogens with one attached hydrogen (secondary N) is 1. The Bertz CT molecular complexity index is 424. The van der Waals surface area contributed by atoms with Gasteiger partial charge in [0.2, 0.25) is 5.91 Å². The third-order valence-electron chi connectivity index (χ3n) is 2.42. The second kappa shape index (κ2) is 6.75. The van der Waals surface area contributed by atoms with Gasteiger partial charge < -0.3 is 14.8 Å². The highest BCUT2D eigenvalue weighted by molar-refractivity contribution is 9.10. The highest BCUT2D eigenvalue weighted by atomic mass is 79.9. The number of rotatable bonds is 6. The minimum absolute atomic E-state index is 0.242. The Morgan fingerprint density at radius 3 is 2.89 bits per heavy atom. The average Bonchev–Trinajstić information content (AvgIpc) is 2.70. The molecule has 0 aromatic carbocycles. The summed E-state index contributed by atoms with van der Waals surface area (Å²) in [4.78, 5) is 11.5. The summed E-state index contributed by atoms with van der Waals surface area (Å²) < 4.78 is 5.84. The van der Waals surface area contributed by atoms with Crippen molar-refractivity contribution in [3.63, 3.8) is 0 Å². The summed E-state index contributed by atoms with van der Waals surface area (Å²) >= 11 is 3.18. The Balaban J connectivity index is 2.40. The van der Waals surface area contributed by atoms with Crippen molar-refractivity contribution in [3.05, 3.63) is 28.6 Å². The number of aliphatic hydroxyl groups is 1. The van der Waals surface area contributed by atoms with Gasteiger partial charge in [0.05, 0.1) is 5.60 Å². The van der Waals surface area contributed by atoms with Crippen LogP contribution in [0.25, 0.3) is 6.08 Å². The van der Waals surface area contributed by atoms with Gasteiger partial charge >= 0.3 is 0 Å². The summed E-state index contributed by atoms with van der Waals surface area (Å²) in [6, 6.07) is 3.50. The first-order valence-corrected chi connectivity index (χ1v) is 6.66. The molecule has 0 saturated carbocycles. The van der Waals surface area contributed by atoms with Gasteiger partial charge in [-0.25, -0.2) is 0 Å². The molecular weight excluding hydrogens is 298 g/mol. The third kappa shape index (κ3) is 5.51. The van der Waals surface area contributed by atoms with Crippen LogP contribution in [0.15, 0.2) is 27.3 Å². The van der Waals surface area contributed by atoms with E-state index in [4.69, 9.17) is 4.42 Å². The molecule has 0 radical (unpaired) electrons. The lowest BCUT2D eigenvalue weighted by atomic mass is 10.0. The molecule has 1 aromatic rings. The van der Waals surface area contributed by atoms with Crippen LogP contribution < -0.4 is 5.32 Å². The summed E-state index contributed by atoms with van der Waals surface area (Å²) in [5.41, 5.74) is -0.855. The molecule has 1 aromatic heterocycles. The van der Waals surface area contributed by atoms with Gasteiger partial charge in [0.15, 0.2) is 4.67 Å². The lowest BCUT2D eigenvalue weighted by Crippen LogP contribution is -2.39. The Kier molecular flexibility index (Phi) is 5.62. The van der Waals surface area contributed by atoms with Crippen LogP contribution in [0.1, 0.15) is 32.4 Å². The van der Waals surface area contributed by atoms with Gasteiger partial charge in [0.25, 0.3) is 0 Å². The summed E-state index contributed by atoms with van der Waals surface area (Å²) in [7, 11) is 0. The lowest BCUT2D eigenvalue weighted by Gasteiger charge is -2.22. The number of halogens is 1. The minimum Gasteiger partial charge on any atom is -0.450 e. The minimum atomic E-state index is -0.855. The van der Waals surface area contributed by atoms with E-state index in [1.807, 2.05) is 6.92 Å². The Hall–Kier alpha value is -1.07. The van der Waals surface area contributed by atoms with E-state index in [0.29, 0.717) is 16.9 Å². The SMILES string of the molecule is CCCC(C)(O)CNC(=O)/C=C/c1ccc(Br)o1. The topological polar surface area (TPSA) is 62.5 Å². The molecular formula is C13H18BrNO3. The van der Waals surface area contributed by atoms with E-state index in [1.165, 1.54) is 6.08 Å². The molecule has 18 heavy (non-hydrogen) atoms. The van der Waals surface area contributed by atoms with E-state index < -0.39 is 5.60 Å². The first-order chi connectivity index (χ1) is 8.43. The molecule has 1 atom stereocenters. The highest BCUT2D eigenvalue weighted by Crippen LogP contribution is 2.15. The molecule has 0 bridgehead atoms. The normalized spacial score (nSPS) is 14.7. The largest absolute Gasteiger partial charge is 0.450 e. The van der Waals surface area contributed by atoms with Gasteiger partial charge in [0, 0.05) is 12.6 Å². The van der Waals surface area contributed by atoms with Crippen LogP contribution in [0, 0.1) is 0 Å². The second-order valence-corrected chi connectivity index (χ2v) is 5.22. The van der Waals surface area contributed by atoms with Crippen molar-refractivity contribution >= 4 is 27.9 Å². The molecule has 0 aliphatic carbocycles. The van der Waals surface area contributed by atoms with Crippen molar-refractivity contribution in [2.45, 2.75) is 32.3 Å². The highest BCUT2D eigenvalue weighted by Gasteiger charge is 2.19. The average molecular weight is 316 g/mol. The maximum absolute atomic E-state index is 11.5. The number of amides is 1. The van der Waals surface area contributed by atoms with Crippen molar-refractivity contribution < 1.29 is 14.3 Å². The van der Waals surface area contributed by atoms with Crippen molar-refractivity contribution in [3.8, 4) is 0 Å². The molecule has 4 nitrogen and oxygen atoms in total. The predicted molar refractivity (Wildman–Crippen MR) is 74.0 cm³/mol.